The highest BCUT2D eigenvalue weighted by atomic mass is 32.2. The number of ether oxygens (including phenoxy) is 1. The van der Waals surface area contributed by atoms with Gasteiger partial charge in [0, 0.05) is 6.42 Å². The minimum absolute atomic E-state index is 0.107. The minimum atomic E-state index is -3.84. The van der Waals surface area contributed by atoms with Crippen LogP contribution in [0.4, 0.5) is 0 Å². The Morgan fingerprint density at radius 3 is 2.72 bits per heavy atom. The number of pyridine rings is 1. The van der Waals surface area contributed by atoms with Gasteiger partial charge in [-0.3, -0.25) is 4.40 Å². The Kier molecular flexibility index (Phi) is 3.27. The van der Waals surface area contributed by atoms with E-state index < -0.39 is 10.0 Å². The topological polar surface area (TPSA) is 86.7 Å². The maximum absolute atomic E-state index is 11.5. The molecule has 0 unspecified atom stereocenters. The van der Waals surface area contributed by atoms with Crippen molar-refractivity contribution in [2.75, 3.05) is 7.11 Å². The standard InChI is InChI=1S/C11H15N3O3S/c1-3-5-9-13-11(18(12,15)16)8-6-4-7-10(17-2)14(8)9/h4,6-7H,3,5H2,1-2H3,(H2,12,15,16). The van der Waals surface area contributed by atoms with Gasteiger partial charge in [0.05, 0.1) is 12.6 Å². The van der Waals surface area contributed by atoms with Crippen molar-refractivity contribution in [1.82, 2.24) is 9.38 Å². The van der Waals surface area contributed by atoms with E-state index in [1.807, 2.05) is 6.92 Å². The second-order valence-electron chi connectivity index (χ2n) is 3.92. The number of nitrogens with two attached hydrogens (primary N) is 1. The van der Waals surface area contributed by atoms with E-state index in [-0.39, 0.29) is 5.03 Å². The number of aryl methyl sites for hydroxylation is 1. The summed E-state index contributed by atoms with van der Waals surface area (Å²) in [6.45, 7) is 1.99. The molecule has 0 spiro atoms. The molecule has 2 N–H and O–H groups in total. The van der Waals surface area contributed by atoms with Gasteiger partial charge in [-0.05, 0) is 18.6 Å². The quantitative estimate of drug-likeness (QED) is 0.895. The lowest BCUT2D eigenvalue weighted by Gasteiger charge is -2.06. The molecule has 0 atom stereocenters. The predicted octanol–water partition coefficient (Wildman–Crippen LogP) is 0.943. The van der Waals surface area contributed by atoms with Crippen LogP contribution in [0.2, 0.25) is 0 Å². The Balaban J connectivity index is 2.84. The molecule has 0 aliphatic rings. The fourth-order valence-corrected chi connectivity index (χ4v) is 2.59. The first-order valence-electron chi connectivity index (χ1n) is 5.56. The van der Waals surface area contributed by atoms with Crippen LogP contribution in [-0.2, 0) is 16.4 Å². The van der Waals surface area contributed by atoms with Crippen molar-refractivity contribution in [3.05, 3.63) is 24.0 Å². The summed E-state index contributed by atoms with van der Waals surface area (Å²) in [4.78, 5) is 4.13. The number of nitrogens with zero attached hydrogens (tertiary/aromatic N) is 2. The average molecular weight is 269 g/mol. The fourth-order valence-electron chi connectivity index (χ4n) is 1.91. The van der Waals surface area contributed by atoms with Crippen molar-refractivity contribution in [3.63, 3.8) is 0 Å². The third-order valence-corrected chi connectivity index (χ3v) is 3.45. The molecule has 18 heavy (non-hydrogen) atoms. The fraction of sp³-hybridized carbons (Fsp3) is 0.364. The Bertz CT molecular complexity index is 676. The SMILES string of the molecule is CCCc1nc(S(N)(=O)=O)c2cccc(OC)n12. The van der Waals surface area contributed by atoms with Crippen LogP contribution >= 0.6 is 0 Å². The van der Waals surface area contributed by atoms with E-state index >= 15 is 0 Å². The third kappa shape index (κ3) is 2.06. The monoisotopic (exact) mass is 269 g/mol. The summed E-state index contributed by atoms with van der Waals surface area (Å²) in [7, 11) is -2.31. The van der Waals surface area contributed by atoms with E-state index in [1.165, 1.54) is 7.11 Å². The number of hydrogen-bond donors (Lipinski definition) is 1. The smallest absolute Gasteiger partial charge is 0.257 e. The number of sulfonamides is 1. The lowest BCUT2D eigenvalue weighted by atomic mass is 10.3. The molecule has 0 amide bonds. The number of methoxy groups -OCH3 is 1. The molecule has 0 aliphatic heterocycles. The number of aromatic nitrogens is 2. The minimum Gasteiger partial charge on any atom is -0.482 e. The zero-order valence-electron chi connectivity index (χ0n) is 10.3. The molecule has 0 aliphatic carbocycles. The van der Waals surface area contributed by atoms with Gasteiger partial charge >= 0.3 is 0 Å². The molecule has 0 saturated carbocycles. The maximum Gasteiger partial charge on any atom is 0.257 e. The van der Waals surface area contributed by atoms with Gasteiger partial charge in [0.15, 0.2) is 10.9 Å². The van der Waals surface area contributed by atoms with Gasteiger partial charge in [-0.25, -0.2) is 18.5 Å². The van der Waals surface area contributed by atoms with E-state index in [1.54, 1.807) is 22.6 Å². The Labute approximate surface area is 105 Å². The highest BCUT2D eigenvalue weighted by Crippen LogP contribution is 2.23. The summed E-state index contributed by atoms with van der Waals surface area (Å²) in [6, 6.07) is 5.12. The molecular formula is C11H15N3O3S. The van der Waals surface area contributed by atoms with E-state index in [4.69, 9.17) is 9.88 Å². The van der Waals surface area contributed by atoms with Gasteiger partial charge in [0.25, 0.3) is 10.0 Å². The van der Waals surface area contributed by atoms with Crippen LogP contribution in [0.1, 0.15) is 19.2 Å². The first-order valence-corrected chi connectivity index (χ1v) is 7.10. The predicted molar refractivity (Wildman–Crippen MR) is 67.1 cm³/mol. The van der Waals surface area contributed by atoms with Gasteiger partial charge in [-0.1, -0.05) is 13.0 Å². The highest BCUT2D eigenvalue weighted by molar-refractivity contribution is 7.89. The molecular weight excluding hydrogens is 254 g/mol. The maximum atomic E-state index is 11.5. The third-order valence-electron chi connectivity index (χ3n) is 2.61. The molecule has 0 saturated heterocycles. The Morgan fingerprint density at radius 1 is 1.44 bits per heavy atom. The summed E-state index contributed by atoms with van der Waals surface area (Å²) in [5, 5.41) is 5.07. The molecule has 0 fully saturated rings. The molecule has 0 radical (unpaired) electrons. The van der Waals surface area contributed by atoms with Gasteiger partial charge in [0.2, 0.25) is 0 Å². The molecule has 7 heteroatoms. The Morgan fingerprint density at radius 2 is 2.17 bits per heavy atom. The average Bonchev–Trinajstić information content (AvgIpc) is 2.68. The van der Waals surface area contributed by atoms with Crippen LogP contribution in [0, 0.1) is 0 Å². The number of primary sulfonamides is 1. The lowest BCUT2D eigenvalue weighted by Crippen LogP contribution is -2.13. The van der Waals surface area contributed by atoms with Gasteiger partial charge in [0.1, 0.15) is 5.82 Å². The normalized spacial score (nSPS) is 11.9. The molecule has 2 aromatic heterocycles. The van der Waals surface area contributed by atoms with Crippen molar-refractivity contribution in [3.8, 4) is 5.88 Å². The molecule has 2 aromatic rings. The molecule has 0 bridgehead atoms. The van der Waals surface area contributed by atoms with Crippen LogP contribution in [0.5, 0.6) is 5.88 Å². The highest BCUT2D eigenvalue weighted by Gasteiger charge is 2.21. The number of rotatable bonds is 4. The van der Waals surface area contributed by atoms with E-state index in [2.05, 4.69) is 4.98 Å². The largest absolute Gasteiger partial charge is 0.482 e. The van der Waals surface area contributed by atoms with E-state index in [9.17, 15) is 8.42 Å². The zero-order chi connectivity index (χ0) is 13.3. The second kappa shape index (κ2) is 4.58. The van der Waals surface area contributed by atoms with Crippen LogP contribution < -0.4 is 9.88 Å². The van der Waals surface area contributed by atoms with Gasteiger partial charge in [-0.15, -0.1) is 0 Å². The molecule has 98 valence electrons. The van der Waals surface area contributed by atoms with Crippen LogP contribution in [0.3, 0.4) is 0 Å². The summed E-state index contributed by atoms with van der Waals surface area (Å²) in [5.74, 6) is 1.17. The number of imidazole rings is 1. The summed E-state index contributed by atoms with van der Waals surface area (Å²) < 4.78 is 30.0. The van der Waals surface area contributed by atoms with Crippen molar-refractivity contribution < 1.29 is 13.2 Å². The zero-order valence-corrected chi connectivity index (χ0v) is 11.1. The van der Waals surface area contributed by atoms with Crippen LogP contribution in [0.15, 0.2) is 23.2 Å². The summed E-state index contributed by atoms with van der Waals surface area (Å²) >= 11 is 0. The summed E-state index contributed by atoms with van der Waals surface area (Å²) in [5.41, 5.74) is 0.445. The first kappa shape index (κ1) is 12.8. The van der Waals surface area contributed by atoms with Crippen LogP contribution in [-0.4, -0.2) is 24.9 Å². The lowest BCUT2D eigenvalue weighted by molar-refractivity contribution is 0.390. The van der Waals surface area contributed by atoms with E-state index in [0.717, 1.165) is 6.42 Å². The van der Waals surface area contributed by atoms with Crippen molar-refractivity contribution >= 4 is 15.5 Å². The van der Waals surface area contributed by atoms with Gasteiger partial charge < -0.3 is 4.74 Å². The van der Waals surface area contributed by atoms with Gasteiger partial charge in [-0.2, -0.15) is 0 Å². The number of fused-ring (bicyclic) bond motifs is 1. The van der Waals surface area contributed by atoms with Crippen LogP contribution in [0.25, 0.3) is 5.52 Å². The van der Waals surface area contributed by atoms with Crippen molar-refractivity contribution in [1.29, 1.82) is 0 Å². The number of hydrogen-bond acceptors (Lipinski definition) is 4. The summed E-state index contributed by atoms with van der Waals surface area (Å²) in [6.07, 6.45) is 1.50. The Hall–Kier alpha value is -1.60. The molecule has 2 rings (SSSR count). The molecule has 6 nitrogen and oxygen atoms in total. The molecule has 0 aromatic carbocycles. The first-order chi connectivity index (χ1) is 8.49. The van der Waals surface area contributed by atoms with Crippen molar-refractivity contribution in [2.24, 2.45) is 5.14 Å². The van der Waals surface area contributed by atoms with E-state index in [0.29, 0.717) is 23.6 Å². The molecule has 2 heterocycles. The second-order valence-corrected chi connectivity index (χ2v) is 5.39. The van der Waals surface area contributed by atoms with Crippen molar-refractivity contribution in [2.45, 2.75) is 24.8 Å².